The zero-order valence-corrected chi connectivity index (χ0v) is 18.3. The van der Waals surface area contributed by atoms with Crippen LogP contribution in [0.15, 0.2) is 12.3 Å². The Kier molecular flexibility index (Phi) is 9.37. The van der Waals surface area contributed by atoms with Gasteiger partial charge in [0, 0.05) is 6.20 Å². The molecule has 2 atom stereocenters. The number of nitrogens with zero attached hydrogens (tertiary/aromatic N) is 3. The molecule has 170 valence electrons. The molecule has 0 unspecified atom stereocenters. The van der Waals surface area contributed by atoms with Crippen molar-refractivity contribution in [3.63, 3.8) is 0 Å². The number of terminal acetylenes is 1. The van der Waals surface area contributed by atoms with Gasteiger partial charge in [-0.2, -0.15) is 4.98 Å². The number of unbranched alkanes of at least 4 members (excludes halogenated alkanes) is 4. The molecule has 9 nitrogen and oxygen atoms in total. The first-order valence-electron chi connectivity index (χ1n) is 10.3. The van der Waals surface area contributed by atoms with Crippen LogP contribution in [-0.4, -0.2) is 49.7 Å². The van der Waals surface area contributed by atoms with Crippen molar-refractivity contribution < 1.29 is 24.5 Å². The molecule has 4 N–H and O–H groups in total. The Morgan fingerprint density at radius 3 is 2.81 bits per heavy atom. The molecule has 10 heteroatoms. The molecule has 0 saturated carbocycles. The number of carboxylic acid groups (broad SMARTS) is 1. The van der Waals surface area contributed by atoms with E-state index in [9.17, 15) is 9.90 Å². The maximum absolute atomic E-state index is 9.87. The quantitative estimate of drug-likeness (QED) is 0.237. The summed E-state index contributed by atoms with van der Waals surface area (Å²) in [6, 6.07) is 1.80. The van der Waals surface area contributed by atoms with Crippen molar-refractivity contribution in [3.05, 3.63) is 17.5 Å². The lowest BCUT2D eigenvalue weighted by molar-refractivity contribution is -0.0615. The minimum atomic E-state index is -1.17. The van der Waals surface area contributed by atoms with E-state index in [-0.39, 0.29) is 18.1 Å². The van der Waals surface area contributed by atoms with Crippen LogP contribution in [0, 0.1) is 12.3 Å². The second-order valence-corrected chi connectivity index (χ2v) is 7.61. The van der Waals surface area contributed by atoms with Crippen molar-refractivity contribution in [2.75, 3.05) is 18.9 Å². The second-order valence-electron chi connectivity index (χ2n) is 7.27. The summed E-state index contributed by atoms with van der Waals surface area (Å²) in [7, 11) is 0. The average molecular weight is 453 g/mol. The number of halogens is 1. The van der Waals surface area contributed by atoms with Crippen LogP contribution < -0.4 is 5.73 Å². The number of aliphatic hydroxyl groups excluding tert-OH is 1. The molecule has 0 radical (unpaired) electrons. The first kappa shape index (κ1) is 24.7. The molecule has 1 aliphatic heterocycles. The Bertz CT molecular complexity index is 913. The monoisotopic (exact) mass is 452 g/mol. The predicted octanol–water partition coefficient (Wildman–Crippen LogP) is 3.99. The van der Waals surface area contributed by atoms with E-state index in [0.29, 0.717) is 36.3 Å². The summed E-state index contributed by atoms with van der Waals surface area (Å²) >= 11 is 5.84. The molecule has 0 aliphatic carbocycles. The molecule has 31 heavy (non-hydrogen) atoms. The van der Waals surface area contributed by atoms with E-state index in [1.54, 1.807) is 12.3 Å². The maximum atomic E-state index is 9.87. The zero-order valence-electron chi connectivity index (χ0n) is 17.6. The van der Waals surface area contributed by atoms with E-state index in [1.807, 2.05) is 4.57 Å². The van der Waals surface area contributed by atoms with Gasteiger partial charge in [-0.3, -0.25) is 0 Å². The number of aromatic nitrogens is 3. The molecule has 0 amide bonds. The van der Waals surface area contributed by atoms with Crippen LogP contribution in [0.2, 0.25) is 5.28 Å². The van der Waals surface area contributed by atoms with Gasteiger partial charge in [0.1, 0.15) is 17.7 Å². The van der Waals surface area contributed by atoms with Gasteiger partial charge >= 0.3 is 6.16 Å². The summed E-state index contributed by atoms with van der Waals surface area (Å²) < 4.78 is 12.0. The van der Waals surface area contributed by atoms with Crippen molar-refractivity contribution in [2.45, 2.75) is 63.7 Å². The van der Waals surface area contributed by atoms with Crippen LogP contribution in [0.3, 0.4) is 0 Å². The van der Waals surface area contributed by atoms with Gasteiger partial charge in [-0.25, -0.2) is 9.78 Å². The van der Waals surface area contributed by atoms with Crippen molar-refractivity contribution in [2.24, 2.45) is 0 Å². The smallest absolute Gasteiger partial charge is 0.450 e. The van der Waals surface area contributed by atoms with Crippen LogP contribution >= 0.6 is 11.6 Å². The van der Waals surface area contributed by atoms with E-state index in [1.165, 1.54) is 19.3 Å². The molecule has 0 spiro atoms. The average Bonchev–Trinajstić information content (AvgIpc) is 3.35. The lowest BCUT2D eigenvalue weighted by atomic mass is 10.0. The number of anilines is 1. The van der Waals surface area contributed by atoms with Crippen molar-refractivity contribution in [1.29, 1.82) is 0 Å². The highest BCUT2D eigenvalue weighted by Crippen LogP contribution is 2.37. The number of ether oxygens (including phenoxy) is 2. The molecule has 2 aromatic rings. The topological polar surface area (TPSA) is 133 Å². The number of nitrogen functional groups attached to an aromatic ring is 1. The molecule has 0 aromatic carbocycles. The van der Waals surface area contributed by atoms with Gasteiger partial charge < -0.3 is 30.0 Å². The van der Waals surface area contributed by atoms with Crippen LogP contribution in [0.4, 0.5) is 10.6 Å². The lowest BCUT2D eigenvalue weighted by Crippen LogP contribution is -2.31. The van der Waals surface area contributed by atoms with Gasteiger partial charge in [-0.05, 0) is 36.9 Å². The fourth-order valence-corrected chi connectivity index (χ4v) is 3.50. The number of rotatable bonds is 8. The summed E-state index contributed by atoms with van der Waals surface area (Å²) in [6.07, 6.45) is 12.6. The van der Waals surface area contributed by atoms with Crippen LogP contribution in [0.1, 0.15) is 58.1 Å². The van der Waals surface area contributed by atoms with E-state index in [2.05, 4.69) is 27.5 Å². The van der Waals surface area contributed by atoms with Crippen LogP contribution in [0.5, 0.6) is 0 Å². The standard InChI is InChI=1S/C13H13ClN4O2.C8H16O3/c1-2-13(7-19)5-3-9(20-13)18-6-4-8-10(15)16-12(14)17-11(8)18;1-2-3-4-5-6-7-11-8(9)10/h1,4,6,9,19H,3,5,7H2,(H2,15,16,17);2-7H2,1H3,(H,9,10)/t9-,13+;/m1./s1. The Hall–Kier alpha value is -2.54. The largest absolute Gasteiger partial charge is 0.505 e. The molecule has 2 aromatic heterocycles. The molecule has 3 rings (SSSR count). The number of aliphatic hydroxyl groups is 1. The van der Waals surface area contributed by atoms with Crippen LogP contribution in [-0.2, 0) is 9.47 Å². The Morgan fingerprint density at radius 2 is 2.19 bits per heavy atom. The third-order valence-corrected chi connectivity index (χ3v) is 5.20. The fourth-order valence-electron chi connectivity index (χ4n) is 3.33. The number of hydrogen-bond acceptors (Lipinski definition) is 7. The molecule has 0 bridgehead atoms. The Balaban J connectivity index is 0.000000267. The molecular formula is C21H29ClN4O5. The second kappa shape index (κ2) is 11.7. The normalized spacial score (nSPS) is 20.1. The number of carbonyl (C=O) groups is 1. The molecule has 3 heterocycles. The summed E-state index contributed by atoms with van der Waals surface area (Å²) in [5.41, 5.74) is 5.48. The van der Waals surface area contributed by atoms with E-state index in [4.69, 9.17) is 33.6 Å². The minimum absolute atomic E-state index is 0.0818. The molecule has 1 fully saturated rings. The number of fused-ring (bicyclic) bond motifs is 1. The van der Waals surface area contributed by atoms with Gasteiger partial charge in [0.05, 0.1) is 18.6 Å². The number of hydrogen-bond donors (Lipinski definition) is 3. The summed E-state index contributed by atoms with van der Waals surface area (Å²) in [6.45, 7) is 2.28. The Morgan fingerprint density at radius 1 is 1.45 bits per heavy atom. The molecule has 1 saturated heterocycles. The summed E-state index contributed by atoms with van der Waals surface area (Å²) in [5.74, 6) is 2.84. The van der Waals surface area contributed by atoms with Crippen molar-refractivity contribution in [3.8, 4) is 12.3 Å². The third-order valence-electron chi connectivity index (χ3n) is 5.03. The van der Waals surface area contributed by atoms with Gasteiger partial charge in [0.25, 0.3) is 0 Å². The van der Waals surface area contributed by atoms with Gasteiger partial charge in [0.15, 0.2) is 5.60 Å². The summed E-state index contributed by atoms with van der Waals surface area (Å²) in [5, 5.41) is 18.3. The van der Waals surface area contributed by atoms with Gasteiger partial charge in [0.2, 0.25) is 5.28 Å². The highest BCUT2D eigenvalue weighted by atomic mass is 35.5. The minimum Gasteiger partial charge on any atom is -0.450 e. The van der Waals surface area contributed by atoms with Crippen molar-refractivity contribution in [1.82, 2.24) is 14.5 Å². The van der Waals surface area contributed by atoms with Gasteiger partial charge in [-0.15, -0.1) is 6.42 Å². The highest BCUT2D eigenvalue weighted by Gasteiger charge is 2.39. The molecule has 1 aliphatic rings. The molecular weight excluding hydrogens is 424 g/mol. The van der Waals surface area contributed by atoms with E-state index < -0.39 is 11.8 Å². The predicted molar refractivity (Wildman–Crippen MR) is 118 cm³/mol. The first-order valence-corrected chi connectivity index (χ1v) is 10.6. The maximum Gasteiger partial charge on any atom is 0.505 e. The van der Waals surface area contributed by atoms with Crippen molar-refractivity contribution >= 4 is 34.6 Å². The van der Waals surface area contributed by atoms with Crippen LogP contribution in [0.25, 0.3) is 11.0 Å². The fraction of sp³-hybridized carbons (Fsp3) is 0.571. The Labute approximate surface area is 186 Å². The lowest BCUT2D eigenvalue weighted by Gasteiger charge is -2.21. The zero-order chi connectivity index (χ0) is 22.9. The van der Waals surface area contributed by atoms with E-state index in [0.717, 1.165) is 12.8 Å². The third kappa shape index (κ3) is 6.72. The highest BCUT2D eigenvalue weighted by molar-refractivity contribution is 6.28. The summed E-state index contributed by atoms with van der Waals surface area (Å²) in [4.78, 5) is 18.0. The SMILES string of the molecule is C#C[C@@]1(CO)CC[C@H](n2ccc3c(N)nc(Cl)nc32)O1.CCCCCCCOC(=O)O. The number of nitrogens with two attached hydrogens (primary N) is 1. The van der Waals surface area contributed by atoms with Gasteiger partial charge in [-0.1, -0.05) is 38.5 Å². The first-order chi connectivity index (χ1) is 14.9. The van der Waals surface area contributed by atoms with E-state index >= 15 is 0 Å².